The van der Waals surface area contributed by atoms with Crippen molar-refractivity contribution in [2.45, 2.75) is 31.9 Å². The summed E-state index contributed by atoms with van der Waals surface area (Å²) in [5.74, 6) is -5.89. The van der Waals surface area contributed by atoms with Gasteiger partial charge >= 0.3 is 24.0 Å². The fourth-order valence-corrected chi connectivity index (χ4v) is 3.80. The normalized spacial score (nSPS) is 12.0. The molecule has 0 fully saturated rings. The fraction of sp³-hybridized carbons (Fsp3) is 0.267. The molecule has 0 bridgehead atoms. The monoisotopic (exact) mass is 608 g/mol. The summed E-state index contributed by atoms with van der Waals surface area (Å²) in [5, 5.41) is 0. The van der Waals surface area contributed by atoms with Gasteiger partial charge in [0, 0.05) is 17.8 Å². The Morgan fingerprint density at radius 2 is 1.51 bits per heavy atom. The molecule has 0 saturated carbocycles. The summed E-state index contributed by atoms with van der Waals surface area (Å²) in [5.41, 5.74) is 13.8. The van der Waals surface area contributed by atoms with Gasteiger partial charge in [-0.05, 0) is 79.1 Å². The number of hydrogen-bond acceptors (Lipinski definition) is 8. The molecule has 0 spiro atoms. The van der Waals surface area contributed by atoms with Crippen LogP contribution in [0.3, 0.4) is 0 Å². The van der Waals surface area contributed by atoms with E-state index in [0.29, 0.717) is 22.5 Å². The summed E-state index contributed by atoms with van der Waals surface area (Å²) in [6, 6.07) is 14.9. The molecule has 3 aromatic rings. The van der Waals surface area contributed by atoms with Crippen LogP contribution < -0.4 is 25.7 Å². The van der Waals surface area contributed by atoms with Crippen molar-refractivity contribution >= 4 is 35.0 Å². The smallest absolute Gasteiger partial charge is 0.453 e. The van der Waals surface area contributed by atoms with Crippen molar-refractivity contribution in [3.05, 3.63) is 77.4 Å². The molecule has 0 radical (unpaired) electrons. The first-order valence-corrected chi connectivity index (χ1v) is 12.9. The van der Waals surface area contributed by atoms with Gasteiger partial charge in [0.1, 0.15) is 5.75 Å². The predicted molar refractivity (Wildman–Crippen MR) is 150 cm³/mol. The van der Waals surface area contributed by atoms with E-state index in [1.165, 1.54) is 37.4 Å². The number of carbonyl (C=O) groups excluding carboxylic acids is 2. The highest BCUT2D eigenvalue weighted by molar-refractivity contribution is 6.22. The summed E-state index contributed by atoms with van der Waals surface area (Å²) in [6.45, 7) is 1.39. The van der Waals surface area contributed by atoms with Crippen molar-refractivity contribution in [2.75, 3.05) is 31.8 Å². The Hall–Kier alpha value is -4.81. The SMILES string of the molecule is CCOC(=O)C(=Cc1ccc(OC(=O)c2ccc(OCCCC(F)(F)C(F)(F)F)c(OC)c2)cc1)c1cc(N)cc(N)c1. The van der Waals surface area contributed by atoms with Gasteiger partial charge in [0.15, 0.2) is 11.5 Å². The van der Waals surface area contributed by atoms with Crippen LogP contribution in [0.15, 0.2) is 60.7 Å². The molecule has 3 rings (SSSR count). The Morgan fingerprint density at radius 3 is 2.09 bits per heavy atom. The lowest BCUT2D eigenvalue weighted by Crippen LogP contribution is -2.36. The quantitative estimate of drug-likeness (QED) is 0.0452. The van der Waals surface area contributed by atoms with E-state index in [4.69, 9.17) is 30.4 Å². The zero-order chi connectivity index (χ0) is 31.8. The molecule has 0 saturated heterocycles. The van der Waals surface area contributed by atoms with E-state index >= 15 is 0 Å². The van der Waals surface area contributed by atoms with Crippen LogP contribution in [0.1, 0.15) is 41.3 Å². The van der Waals surface area contributed by atoms with Crippen molar-refractivity contribution in [3.63, 3.8) is 0 Å². The summed E-state index contributed by atoms with van der Waals surface area (Å²) in [4.78, 5) is 25.4. The number of esters is 2. The Balaban J connectivity index is 1.69. The number of benzene rings is 3. The zero-order valence-electron chi connectivity index (χ0n) is 23.2. The Labute approximate surface area is 244 Å². The average molecular weight is 609 g/mol. The predicted octanol–water partition coefficient (Wildman–Crippen LogP) is 6.54. The Morgan fingerprint density at radius 1 is 0.860 bits per heavy atom. The summed E-state index contributed by atoms with van der Waals surface area (Å²) >= 11 is 0. The number of methoxy groups -OCH3 is 1. The van der Waals surface area contributed by atoms with Gasteiger partial charge in [0.25, 0.3) is 0 Å². The number of hydrogen-bond donors (Lipinski definition) is 2. The molecule has 3 aromatic carbocycles. The van der Waals surface area contributed by atoms with E-state index in [9.17, 15) is 31.5 Å². The van der Waals surface area contributed by atoms with Gasteiger partial charge in [-0.1, -0.05) is 12.1 Å². The van der Waals surface area contributed by atoms with Crippen LogP contribution in [0.2, 0.25) is 0 Å². The molecule has 0 heterocycles. The third-order valence-corrected chi connectivity index (χ3v) is 5.89. The number of rotatable bonds is 12. The highest BCUT2D eigenvalue weighted by Gasteiger charge is 2.56. The highest BCUT2D eigenvalue weighted by atomic mass is 19.4. The lowest BCUT2D eigenvalue weighted by Gasteiger charge is -2.19. The van der Waals surface area contributed by atoms with Crippen molar-refractivity contribution in [1.29, 1.82) is 0 Å². The Kier molecular flexibility index (Phi) is 10.6. The second-order valence-corrected chi connectivity index (χ2v) is 9.15. The van der Waals surface area contributed by atoms with Crippen LogP contribution in [0.5, 0.6) is 17.2 Å². The minimum atomic E-state index is -5.64. The Bertz CT molecular complexity index is 1450. The van der Waals surface area contributed by atoms with E-state index in [1.807, 2.05) is 0 Å². The molecule has 0 amide bonds. The van der Waals surface area contributed by atoms with Crippen LogP contribution in [-0.2, 0) is 9.53 Å². The maximum Gasteiger partial charge on any atom is 0.453 e. The second kappa shape index (κ2) is 13.9. The number of nitrogen functional groups attached to an aromatic ring is 2. The first-order valence-electron chi connectivity index (χ1n) is 12.9. The molecular formula is C30H29F5N2O6. The van der Waals surface area contributed by atoms with Gasteiger partial charge < -0.3 is 30.4 Å². The second-order valence-electron chi connectivity index (χ2n) is 9.15. The molecule has 0 aliphatic heterocycles. The molecule has 230 valence electrons. The minimum Gasteiger partial charge on any atom is -0.493 e. The van der Waals surface area contributed by atoms with Gasteiger partial charge in [0.2, 0.25) is 0 Å². The molecule has 0 aromatic heterocycles. The first kappa shape index (κ1) is 32.7. The van der Waals surface area contributed by atoms with Gasteiger partial charge in [-0.2, -0.15) is 22.0 Å². The summed E-state index contributed by atoms with van der Waals surface area (Å²) in [6.07, 6.45) is -6.07. The molecule has 0 unspecified atom stereocenters. The molecule has 0 aliphatic rings. The fourth-order valence-electron chi connectivity index (χ4n) is 3.80. The van der Waals surface area contributed by atoms with Crippen LogP contribution in [0, 0.1) is 0 Å². The highest BCUT2D eigenvalue weighted by Crippen LogP contribution is 2.39. The van der Waals surface area contributed by atoms with E-state index in [1.54, 1.807) is 43.3 Å². The number of nitrogens with two attached hydrogens (primary N) is 2. The maximum absolute atomic E-state index is 13.1. The zero-order valence-corrected chi connectivity index (χ0v) is 23.2. The minimum absolute atomic E-state index is 0.0462. The van der Waals surface area contributed by atoms with E-state index in [0.717, 1.165) is 0 Å². The van der Waals surface area contributed by atoms with E-state index < -0.39 is 43.5 Å². The third-order valence-electron chi connectivity index (χ3n) is 5.89. The van der Waals surface area contributed by atoms with Crippen LogP contribution in [-0.4, -0.2) is 44.4 Å². The maximum atomic E-state index is 13.1. The number of carbonyl (C=O) groups is 2. The largest absolute Gasteiger partial charge is 0.493 e. The number of ether oxygens (including phenoxy) is 4. The lowest BCUT2D eigenvalue weighted by atomic mass is 10.0. The van der Waals surface area contributed by atoms with Gasteiger partial charge in [-0.15, -0.1) is 0 Å². The molecule has 4 N–H and O–H groups in total. The van der Waals surface area contributed by atoms with E-state index in [-0.39, 0.29) is 35.0 Å². The number of alkyl halides is 5. The number of anilines is 2. The standard InChI is InChI=1S/C30H29F5N2O6/c1-3-41-28(39)24(20-14-21(36)17-22(37)15-20)13-18-5-8-23(9-6-18)43-27(38)19-7-10-25(26(16-19)40-2)42-12-4-11-29(31,32)30(33,34)35/h5-10,13-17H,3-4,11-12,36-37H2,1-2H3. The molecule has 13 heteroatoms. The summed E-state index contributed by atoms with van der Waals surface area (Å²) < 4.78 is 84.1. The average Bonchev–Trinajstić information content (AvgIpc) is 2.93. The van der Waals surface area contributed by atoms with E-state index in [2.05, 4.69) is 0 Å². The van der Waals surface area contributed by atoms with Gasteiger partial charge in [-0.25, -0.2) is 9.59 Å². The van der Waals surface area contributed by atoms with Crippen LogP contribution in [0.4, 0.5) is 33.3 Å². The van der Waals surface area contributed by atoms with Crippen molar-refractivity contribution in [2.24, 2.45) is 0 Å². The summed E-state index contributed by atoms with van der Waals surface area (Å²) in [7, 11) is 1.27. The molecule has 0 aliphatic carbocycles. The topological polar surface area (TPSA) is 123 Å². The molecule has 8 nitrogen and oxygen atoms in total. The van der Waals surface area contributed by atoms with Gasteiger partial charge in [-0.3, -0.25) is 0 Å². The van der Waals surface area contributed by atoms with Crippen molar-refractivity contribution in [1.82, 2.24) is 0 Å². The van der Waals surface area contributed by atoms with Crippen LogP contribution >= 0.6 is 0 Å². The lowest BCUT2D eigenvalue weighted by molar-refractivity contribution is -0.284. The van der Waals surface area contributed by atoms with Crippen molar-refractivity contribution < 1.29 is 50.5 Å². The van der Waals surface area contributed by atoms with Gasteiger partial charge in [0.05, 0.1) is 31.5 Å². The molecular weight excluding hydrogens is 579 g/mol. The third kappa shape index (κ3) is 8.84. The van der Waals surface area contributed by atoms with Crippen molar-refractivity contribution in [3.8, 4) is 17.2 Å². The van der Waals surface area contributed by atoms with Crippen LogP contribution in [0.25, 0.3) is 11.6 Å². The molecule has 43 heavy (non-hydrogen) atoms. The number of halogens is 5. The molecule has 0 atom stereocenters. The first-order chi connectivity index (χ1) is 20.2.